The van der Waals surface area contributed by atoms with Crippen molar-refractivity contribution in [2.24, 2.45) is 0 Å². The van der Waals surface area contributed by atoms with Crippen LogP contribution in [0.2, 0.25) is 0 Å². The molecule has 98 valence electrons. The standard InChI is InChI=1S/C12H14ClNO3S/c1-2-12(15)14-7-3-4-9-5-6-10(8-11(9)14)18(13,16)17/h5-6,8H,2-4,7H2,1H3. The second-order valence-electron chi connectivity index (χ2n) is 4.23. The summed E-state index contributed by atoms with van der Waals surface area (Å²) in [4.78, 5) is 13.5. The molecule has 1 aromatic carbocycles. The van der Waals surface area contributed by atoms with Gasteiger partial charge in [-0.2, -0.15) is 0 Å². The first-order chi connectivity index (χ1) is 8.43. The Kier molecular flexibility index (Phi) is 3.64. The molecule has 1 aliphatic rings. The molecule has 18 heavy (non-hydrogen) atoms. The average molecular weight is 288 g/mol. The lowest BCUT2D eigenvalue weighted by Gasteiger charge is -2.29. The van der Waals surface area contributed by atoms with Crippen molar-refractivity contribution in [1.82, 2.24) is 0 Å². The molecule has 1 aliphatic heterocycles. The van der Waals surface area contributed by atoms with Crippen LogP contribution in [-0.2, 0) is 20.3 Å². The van der Waals surface area contributed by atoms with Crippen molar-refractivity contribution in [3.63, 3.8) is 0 Å². The lowest BCUT2D eigenvalue weighted by Crippen LogP contribution is -2.35. The molecule has 6 heteroatoms. The van der Waals surface area contributed by atoms with Crippen LogP contribution in [0.3, 0.4) is 0 Å². The van der Waals surface area contributed by atoms with Crippen LogP contribution in [0.4, 0.5) is 5.69 Å². The minimum Gasteiger partial charge on any atom is -0.312 e. The van der Waals surface area contributed by atoms with E-state index in [-0.39, 0.29) is 10.8 Å². The van der Waals surface area contributed by atoms with E-state index in [9.17, 15) is 13.2 Å². The lowest BCUT2D eigenvalue weighted by molar-refractivity contribution is -0.118. The fraction of sp³-hybridized carbons (Fsp3) is 0.417. The Bertz CT molecular complexity index is 583. The summed E-state index contributed by atoms with van der Waals surface area (Å²) in [5.74, 6) is 0.0000652. The highest BCUT2D eigenvalue weighted by molar-refractivity contribution is 8.13. The van der Waals surface area contributed by atoms with E-state index >= 15 is 0 Å². The van der Waals surface area contributed by atoms with Gasteiger partial charge in [-0.3, -0.25) is 4.79 Å². The average Bonchev–Trinajstić information content (AvgIpc) is 2.35. The van der Waals surface area contributed by atoms with Gasteiger partial charge >= 0.3 is 0 Å². The zero-order chi connectivity index (χ0) is 13.3. The predicted octanol–water partition coefficient (Wildman–Crippen LogP) is 2.30. The number of hydrogen-bond acceptors (Lipinski definition) is 3. The summed E-state index contributed by atoms with van der Waals surface area (Å²) in [5.41, 5.74) is 1.67. The highest BCUT2D eigenvalue weighted by Crippen LogP contribution is 2.31. The van der Waals surface area contributed by atoms with Crippen molar-refractivity contribution in [2.45, 2.75) is 31.1 Å². The molecule has 0 aromatic heterocycles. The fourth-order valence-electron chi connectivity index (χ4n) is 2.16. The van der Waals surface area contributed by atoms with E-state index in [1.807, 2.05) is 0 Å². The Morgan fingerprint density at radius 1 is 1.44 bits per heavy atom. The van der Waals surface area contributed by atoms with Crippen LogP contribution in [0.25, 0.3) is 0 Å². The zero-order valence-corrected chi connectivity index (χ0v) is 11.6. The summed E-state index contributed by atoms with van der Waals surface area (Å²) >= 11 is 0. The predicted molar refractivity (Wildman–Crippen MR) is 70.4 cm³/mol. The van der Waals surface area contributed by atoms with Crippen LogP contribution in [-0.4, -0.2) is 20.9 Å². The van der Waals surface area contributed by atoms with Crippen molar-refractivity contribution >= 4 is 31.3 Å². The van der Waals surface area contributed by atoms with Gasteiger partial charge in [0, 0.05) is 29.3 Å². The van der Waals surface area contributed by atoms with Gasteiger partial charge in [0.25, 0.3) is 9.05 Å². The van der Waals surface area contributed by atoms with E-state index in [4.69, 9.17) is 10.7 Å². The fourth-order valence-corrected chi connectivity index (χ4v) is 2.93. The van der Waals surface area contributed by atoms with E-state index in [1.54, 1.807) is 17.9 Å². The zero-order valence-electron chi connectivity index (χ0n) is 10.0. The summed E-state index contributed by atoms with van der Waals surface area (Å²) in [5, 5.41) is 0. The largest absolute Gasteiger partial charge is 0.312 e. The monoisotopic (exact) mass is 287 g/mol. The van der Waals surface area contributed by atoms with Gasteiger partial charge in [0.2, 0.25) is 5.91 Å². The van der Waals surface area contributed by atoms with Crippen molar-refractivity contribution < 1.29 is 13.2 Å². The van der Waals surface area contributed by atoms with E-state index in [0.29, 0.717) is 18.7 Å². The number of halogens is 1. The molecule has 0 bridgehead atoms. The normalized spacial score (nSPS) is 15.3. The van der Waals surface area contributed by atoms with Gasteiger partial charge in [0.1, 0.15) is 0 Å². The minimum absolute atomic E-state index is 0.0000652. The van der Waals surface area contributed by atoms with Gasteiger partial charge in [-0.25, -0.2) is 8.42 Å². The molecule has 4 nitrogen and oxygen atoms in total. The number of rotatable bonds is 2. The molecular weight excluding hydrogens is 274 g/mol. The molecule has 0 unspecified atom stereocenters. The number of amides is 1. The molecule has 0 saturated carbocycles. The second kappa shape index (κ2) is 4.90. The number of carbonyl (C=O) groups excluding carboxylic acids is 1. The van der Waals surface area contributed by atoms with Crippen molar-refractivity contribution in [3.05, 3.63) is 23.8 Å². The van der Waals surface area contributed by atoms with Crippen LogP contribution in [0.1, 0.15) is 25.3 Å². The maximum atomic E-state index is 11.8. The van der Waals surface area contributed by atoms with Gasteiger partial charge < -0.3 is 4.90 Å². The van der Waals surface area contributed by atoms with Gasteiger partial charge in [-0.05, 0) is 30.5 Å². The molecule has 0 aliphatic carbocycles. The Morgan fingerprint density at radius 2 is 2.17 bits per heavy atom. The molecule has 0 spiro atoms. The number of carbonyl (C=O) groups is 1. The van der Waals surface area contributed by atoms with E-state index < -0.39 is 9.05 Å². The summed E-state index contributed by atoms with van der Waals surface area (Å²) < 4.78 is 22.7. The number of benzene rings is 1. The molecule has 0 saturated heterocycles. The number of hydrogen-bond donors (Lipinski definition) is 0. The highest BCUT2D eigenvalue weighted by Gasteiger charge is 2.23. The molecule has 0 N–H and O–H groups in total. The quantitative estimate of drug-likeness (QED) is 0.784. The van der Waals surface area contributed by atoms with Crippen molar-refractivity contribution in [1.29, 1.82) is 0 Å². The van der Waals surface area contributed by atoms with Crippen LogP contribution in [0.15, 0.2) is 23.1 Å². The van der Waals surface area contributed by atoms with Crippen LogP contribution in [0.5, 0.6) is 0 Å². The molecule has 2 rings (SSSR count). The molecule has 1 amide bonds. The smallest absolute Gasteiger partial charge is 0.261 e. The first kappa shape index (κ1) is 13.4. The Hall–Kier alpha value is -1.07. The minimum atomic E-state index is -3.76. The first-order valence-corrected chi connectivity index (χ1v) is 8.12. The Balaban J connectivity index is 2.51. The topological polar surface area (TPSA) is 54.5 Å². The molecule has 1 aromatic rings. The Labute approximate surface area is 111 Å². The SMILES string of the molecule is CCC(=O)N1CCCc2ccc(S(=O)(=O)Cl)cc21. The van der Waals surface area contributed by atoms with Gasteiger partial charge in [-0.1, -0.05) is 13.0 Å². The molecule has 1 heterocycles. The number of anilines is 1. The summed E-state index contributed by atoms with van der Waals surface area (Å²) in [6.45, 7) is 2.42. The third kappa shape index (κ3) is 2.52. The van der Waals surface area contributed by atoms with E-state index in [0.717, 1.165) is 18.4 Å². The summed E-state index contributed by atoms with van der Waals surface area (Å²) in [6, 6.07) is 4.71. The Morgan fingerprint density at radius 3 is 2.78 bits per heavy atom. The van der Waals surface area contributed by atoms with Gasteiger partial charge in [-0.15, -0.1) is 0 Å². The first-order valence-electron chi connectivity index (χ1n) is 5.81. The maximum absolute atomic E-state index is 11.8. The molecule has 0 radical (unpaired) electrons. The third-order valence-corrected chi connectivity index (χ3v) is 4.41. The molecular formula is C12H14ClNO3S. The maximum Gasteiger partial charge on any atom is 0.261 e. The van der Waals surface area contributed by atoms with Gasteiger partial charge in [0.05, 0.1) is 4.90 Å². The third-order valence-electron chi connectivity index (χ3n) is 3.06. The summed E-state index contributed by atoms with van der Waals surface area (Å²) in [7, 11) is 1.57. The van der Waals surface area contributed by atoms with Crippen molar-refractivity contribution in [3.8, 4) is 0 Å². The van der Waals surface area contributed by atoms with E-state index in [1.165, 1.54) is 12.1 Å². The van der Waals surface area contributed by atoms with Crippen LogP contribution < -0.4 is 4.90 Å². The molecule has 0 atom stereocenters. The van der Waals surface area contributed by atoms with E-state index in [2.05, 4.69) is 0 Å². The van der Waals surface area contributed by atoms with Crippen LogP contribution in [0, 0.1) is 0 Å². The number of fused-ring (bicyclic) bond motifs is 1. The highest BCUT2D eigenvalue weighted by atomic mass is 35.7. The van der Waals surface area contributed by atoms with Crippen molar-refractivity contribution in [2.75, 3.05) is 11.4 Å². The van der Waals surface area contributed by atoms with Crippen LogP contribution >= 0.6 is 10.7 Å². The molecule has 0 fully saturated rings. The number of aryl methyl sites for hydroxylation is 1. The summed E-state index contributed by atoms with van der Waals surface area (Å²) in [6.07, 6.45) is 2.15. The second-order valence-corrected chi connectivity index (χ2v) is 6.80. The number of nitrogens with zero attached hydrogens (tertiary/aromatic N) is 1. The van der Waals surface area contributed by atoms with Gasteiger partial charge in [0.15, 0.2) is 0 Å². The lowest BCUT2D eigenvalue weighted by atomic mass is 10.0.